The first-order chi connectivity index (χ1) is 9.88. The number of aromatic carboxylic acids is 2. The molecule has 0 radical (unpaired) electrons. The number of carbonyl (C=O) groups is 2. The van der Waals surface area contributed by atoms with E-state index in [0.29, 0.717) is 0 Å². The third kappa shape index (κ3) is 3.44. The molecule has 4 nitrogen and oxygen atoms in total. The first-order valence-corrected chi connectivity index (χ1v) is 7.06. The van der Waals surface area contributed by atoms with Crippen molar-refractivity contribution in [3.8, 4) is 0 Å². The molecule has 5 heteroatoms. The summed E-state index contributed by atoms with van der Waals surface area (Å²) in [7, 11) is 0. The molecule has 0 saturated carbocycles. The normalized spacial score (nSPS) is 10.4. The molecule has 0 heterocycles. The van der Waals surface area contributed by atoms with Crippen LogP contribution in [0.4, 0.5) is 0 Å². The van der Waals surface area contributed by atoms with Crippen molar-refractivity contribution in [1.29, 1.82) is 0 Å². The molecule has 0 aliphatic rings. The lowest BCUT2D eigenvalue weighted by Gasteiger charge is -2.09. The van der Waals surface area contributed by atoms with Crippen LogP contribution in [0.15, 0.2) is 46.2 Å². The summed E-state index contributed by atoms with van der Waals surface area (Å²) < 4.78 is 0. The topological polar surface area (TPSA) is 74.6 Å². The minimum Gasteiger partial charge on any atom is -0.478 e. The van der Waals surface area contributed by atoms with E-state index < -0.39 is 11.9 Å². The summed E-state index contributed by atoms with van der Waals surface area (Å²) >= 11 is 1.50. The molecule has 108 valence electrons. The second-order valence-electron chi connectivity index (χ2n) is 4.67. The number of aryl methyl sites for hydroxylation is 2. The number of benzene rings is 2. The number of hydrogen-bond donors (Lipinski definition) is 2. The molecule has 0 atom stereocenters. The monoisotopic (exact) mass is 302 g/mol. The summed E-state index contributed by atoms with van der Waals surface area (Å²) in [6, 6.07) is 9.94. The van der Waals surface area contributed by atoms with Gasteiger partial charge in [-0.05, 0) is 61.4 Å². The van der Waals surface area contributed by atoms with Gasteiger partial charge in [-0.25, -0.2) is 9.59 Å². The van der Waals surface area contributed by atoms with Gasteiger partial charge in [0.15, 0.2) is 0 Å². The molecule has 0 fully saturated rings. The molecule has 0 unspecified atom stereocenters. The Labute approximate surface area is 126 Å². The zero-order chi connectivity index (χ0) is 15.6. The Balaban J connectivity index is 2.30. The number of hydrogen-bond acceptors (Lipinski definition) is 3. The average molecular weight is 302 g/mol. The molecule has 0 aliphatic carbocycles. The average Bonchev–Trinajstić information content (AvgIpc) is 2.42. The maximum absolute atomic E-state index is 10.9. The maximum Gasteiger partial charge on any atom is 0.335 e. The van der Waals surface area contributed by atoms with Gasteiger partial charge in [-0.3, -0.25) is 0 Å². The van der Waals surface area contributed by atoms with Crippen LogP contribution in [-0.2, 0) is 0 Å². The van der Waals surface area contributed by atoms with Crippen molar-refractivity contribution in [2.45, 2.75) is 23.6 Å². The molecular formula is C16H14O4S. The van der Waals surface area contributed by atoms with Crippen molar-refractivity contribution in [3.63, 3.8) is 0 Å². The predicted molar refractivity (Wildman–Crippen MR) is 80.4 cm³/mol. The third-order valence-electron chi connectivity index (χ3n) is 3.06. The van der Waals surface area contributed by atoms with Crippen molar-refractivity contribution in [2.24, 2.45) is 0 Å². The van der Waals surface area contributed by atoms with Crippen LogP contribution >= 0.6 is 11.8 Å². The molecule has 0 amide bonds. The van der Waals surface area contributed by atoms with Crippen LogP contribution in [0.25, 0.3) is 0 Å². The van der Waals surface area contributed by atoms with E-state index in [0.717, 1.165) is 20.9 Å². The van der Waals surface area contributed by atoms with Crippen LogP contribution in [0.1, 0.15) is 31.8 Å². The Morgan fingerprint density at radius 3 is 1.48 bits per heavy atom. The van der Waals surface area contributed by atoms with Gasteiger partial charge in [0.05, 0.1) is 11.1 Å². The lowest BCUT2D eigenvalue weighted by Crippen LogP contribution is -1.98. The van der Waals surface area contributed by atoms with Crippen LogP contribution < -0.4 is 0 Å². The van der Waals surface area contributed by atoms with E-state index in [2.05, 4.69) is 0 Å². The van der Waals surface area contributed by atoms with E-state index in [-0.39, 0.29) is 11.1 Å². The summed E-state index contributed by atoms with van der Waals surface area (Å²) in [6.45, 7) is 3.71. The van der Waals surface area contributed by atoms with Crippen molar-refractivity contribution < 1.29 is 19.8 Å². The highest BCUT2D eigenvalue weighted by atomic mass is 32.2. The fourth-order valence-electron chi connectivity index (χ4n) is 1.91. The Kier molecular flexibility index (Phi) is 4.33. The summed E-state index contributed by atoms with van der Waals surface area (Å²) in [6.07, 6.45) is 0. The first kappa shape index (κ1) is 15.1. The Bertz CT molecular complexity index is 661. The molecule has 2 N–H and O–H groups in total. The zero-order valence-corrected chi connectivity index (χ0v) is 12.4. The maximum atomic E-state index is 10.9. The van der Waals surface area contributed by atoms with Crippen LogP contribution in [0, 0.1) is 13.8 Å². The van der Waals surface area contributed by atoms with E-state index >= 15 is 0 Å². The van der Waals surface area contributed by atoms with Crippen molar-refractivity contribution in [2.75, 3.05) is 0 Å². The number of rotatable bonds is 4. The van der Waals surface area contributed by atoms with Crippen molar-refractivity contribution in [3.05, 3.63) is 58.7 Å². The van der Waals surface area contributed by atoms with Crippen molar-refractivity contribution >= 4 is 23.7 Å². The molecule has 21 heavy (non-hydrogen) atoms. The molecule has 0 saturated heterocycles. The fraction of sp³-hybridized carbons (Fsp3) is 0.125. The van der Waals surface area contributed by atoms with Gasteiger partial charge in [0, 0.05) is 9.79 Å². The zero-order valence-electron chi connectivity index (χ0n) is 11.6. The van der Waals surface area contributed by atoms with Crippen LogP contribution in [0.3, 0.4) is 0 Å². The van der Waals surface area contributed by atoms with Gasteiger partial charge in [-0.15, -0.1) is 0 Å². The van der Waals surface area contributed by atoms with Gasteiger partial charge in [0.25, 0.3) is 0 Å². The smallest absolute Gasteiger partial charge is 0.335 e. The summed E-state index contributed by atoms with van der Waals surface area (Å²) in [5, 5.41) is 17.9. The van der Waals surface area contributed by atoms with Crippen LogP contribution in [-0.4, -0.2) is 22.2 Å². The molecule has 0 spiro atoms. The number of carboxylic acid groups (broad SMARTS) is 2. The highest BCUT2D eigenvalue weighted by Crippen LogP contribution is 2.33. The highest BCUT2D eigenvalue weighted by Gasteiger charge is 2.10. The van der Waals surface area contributed by atoms with E-state index in [9.17, 15) is 9.59 Å². The lowest BCUT2D eigenvalue weighted by atomic mass is 10.1. The molecule has 0 bridgehead atoms. The van der Waals surface area contributed by atoms with E-state index in [4.69, 9.17) is 10.2 Å². The molecule has 0 aliphatic heterocycles. The Morgan fingerprint density at radius 2 is 1.19 bits per heavy atom. The molecule has 0 aromatic heterocycles. The standard InChI is InChI=1S/C16H14O4S/c1-9-7-11(15(17)18)3-5-13(9)21-14-6-4-12(16(19)20)8-10(14)2/h3-8H,1-2H3,(H,17,18)(H,19,20). The number of carboxylic acids is 2. The molecular weight excluding hydrogens is 288 g/mol. The highest BCUT2D eigenvalue weighted by molar-refractivity contribution is 7.99. The SMILES string of the molecule is Cc1cc(C(=O)O)ccc1Sc1ccc(C(=O)O)cc1C. The van der Waals surface area contributed by atoms with Gasteiger partial charge in [-0.1, -0.05) is 11.8 Å². The Morgan fingerprint density at radius 1 is 0.810 bits per heavy atom. The van der Waals surface area contributed by atoms with Gasteiger partial charge in [-0.2, -0.15) is 0 Å². The van der Waals surface area contributed by atoms with Crippen molar-refractivity contribution in [1.82, 2.24) is 0 Å². The van der Waals surface area contributed by atoms with Gasteiger partial charge in [0.1, 0.15) is 0 Å². The van der Waals surface area contributed by atoms with E-state index in [1.54, 1.807) is 36.4 Å². The molecule has 2 aromatic rings. The van der Waals surface area contributed by atoms with E-state index in [1.165, 1.54) is 11.8 Å². The summed E-state index contributed by atoms with van der Waals surface area (Å²) in [5.41, 5.74) is 2.27. The lowest BCUT2D eigenvalue weighted by molar-refractivity contribution is 0.0686. The van der Waals surface area contributed by atoms with Gasteiger partial charge < -0.3 is 10.2 Å². The fourth-order valence-corrected chi connectivity index (χ4v) is 2.86. The first-order valence-electron chi connectivity index (χ1n) is 6.24. The second kappa shape index (κ2) is 6.01. The van der Waals surface area contributed by atoms with Crippen LogP contribution in [0.2, 0.25) is 0 Å². The van der Waals surface area contributed by atoms with Gasteiger partial charge >= 0.3 is 11.9 Å². The van der Waals surface area contributed by atoms with Crippen LogP contribution in [0.5, 0.6) is 0 Å². The molecule has 2 rings (SSSR count). The third-order valence-corrected chi connectivity index (χ3v) is 4.42. The largest absolute Gasteiger partial charge is 0.478 e. The summed E-state index contributed by atoms with van der Waals surface area (Å²) in [4.78, 5) is 23.7. The summed E-state index contributed by atoms with van der Waals surface area (Å²) in [5.74, 6) is -1.90. The predicted octanol–water partition coefficient (Wildman–Crippen LogP) is 3.85. The van der Waals surface area contributed by atoms with E-state index in [1.807, 2.05) is 13.8 Å². The quantitative estimate of drug-likeness (QED) is 0.897. The minimum absolute atomic E-state index is 0.259. The molecule has 2 aromatic carbocycles. The Hall–Kier alpha value is -2.27. The minimum atomic E-state index is -0.948. The van der Waals surface area contributed by atoms with Gasteiger partial charge in [0.2, 0.25) is 0 Å². The second-order valence-corrected chi connectivity index (χ2v) is 5.76.